The van der Waals surface area contributed by atoms with E-state index in [1.54, 1.807) is 24.3 Å². The Labute approximate surface area is 110 Å². The summed E-state index contributed by atoms with van der Waals surface area (Å²) in [5.74, 6) is 0.826. The van der Waals surface area contributed by atoms with Crippen LogP contribution in [0.4, 0.5) is 0 Å². The van der Waals surface area contributed by atoms with E-state index < -0.39 is 9.05 Å². The highest BCUT2D eigenvalue weighted by Crippen LogP contribution is 2.31. The third-order valence-electron chi connectivity index (χ3n) is 2.43. The zero-order chi connectivity index (χ0) is 13.2. The molecule has 0 aliphatic heterocycles. The van der Waals surface area contributed by atoms with Gasteiger partial charge in [0.05, 0.1) is 0 Å². The van der Waals surface area contributed by atoms with Crippen molar-refractivity contribution in [2.75, 3.05) is 0 Å². The van der Waals surface area contributed by atoms with Crippen LogP contribution in [-0.4, -0.2) is 8.42 Å². The Morgan fingerprint density at radius 2 is 1.50 bits per heavy atom. The maximum atomic E-state index is 11.4. The molecule has 0 atom stereocenters. The first-order chi connectivity index (χ1) is 8.48. The third-order valence-corrected chi connectivity index (χ3v) is 3.79. The predicted octanol–water partition coefficient (Wildman–Crippen LogP) is 3.71. The van der Waals surface area contributed by atoms with Gasteiger partial charge in [-0.05, 0) is 30.7 Å². The molecule has 94 valence electrons. The average Bonchev–Trinajstić information content (AvgIpc) is 2.31. The van der Waals surface area contributed by atoms with E-state index in [0.717, 1.165) is 5.56 Å². The van der Waals surface area contributed by atoms with Crippen LogP contribution in [0.5, 0.6) is 11.5 Å². The molecule has 2 aromatic rings. The molecule has 0 unspecified atom stereocenters. The third kappa shape index (κ3) is 2.83. The Kier molecular flexibility index (Phi) is 3.59. The lowest BCUT2D eigenvalue weighted by Gasteiger charge is -2.10. The Bertz CT molecular complexity index is 665. The average molecular weight is 283 g/mol. The highest BCUT2D eigenvalue weighted by molar-refractivity contribution is 8.13. The maximum absolute atomic E-state index is 11.4. The molecule has 0 fully saturated rings. The van der Waals surface area contributed by atoms with Gasteiger partial charge in [-0.1, -0.05) is 30.3 Å². The van der Waals surface area contributed by atoms with Gasteiger partial charge in [0.2, 0.25) is 0 Å². The highest BCUT2D eigenvalue weighted by atomic mass is 35.7. The first kappa shape index (κ1) is 12.9. The maximum Gasteiger partial charge on any atom is 0.265 e. The Morgan fingerprint density at radius 3 is 2.11 bits per heavy atom. The molecule has 0 bridgehead atoms. The van der Waals surface area contributed by atoms with Gasteiger partial charge in [-0.3, -0.25) is 0 Å². The lowest BCUT2D eigenvalue weighted by atomic mass is 10.2. The molecule has 18 heavy (non-hydrogen) atoms. The molecule has 2 aromatic carbocycles. The Balaban J connectivity index is 2.45. The molecule has 0 amide bonds. The second-order valence-corrected chi connectivity index (χ2v) is 6.29. The van der Waals surface area contributed by atoms with Crippen molar-refractivity contribution in [3.63, 3.8) is 0 Å². The molecule has 0 saturated heterocycles. The fraction of sp³-hybridized carbons (Fsp3) is 0.0769. The molecule has 0 radical (unpaired) electrons. The molecular formula is C13H11ClO3S. The van der Waals surface area contributed by atoms with Gasteiger partial charge in [-0.2, -0.15) is 0 Å². The predicted molar refractivity (Wildman–Crippen MR) is 70.7 cm³/mol. The number of rotatable bonds is 3. The summed E-state index contributed by atoms with van der Waals surface area (Å²) in [6, 6.07) is 13.6. The lowest BCUT2D eigenvalue weighted by Crippen LogP contribution is -1.96. The summed E-state index contributed by atoms with van der Waals surface area (Å²) in [6.07, 6.45) is 0. The van der Waals surface area contributed by atoms with E-state index in [1.807, 2.05) is 25.1 Å². The summed E-state index contributed by atoms with van der Waals surface area (Å²) in [5, 5.41) is 0. The van der Waals surface area contributed by atoms with Crippen LogP contribution in [0.1, 0.15) is 5.56 Å². The minimum absolute atomic E-state index is 0.0325. The zero-order valence-electron chi connectivity index (χ0n) is 9.63. The van der Waals surface area contributed by atoms with Gasteiger partial charge < -0.3 is 4.74 Å². The van der Waals surface area contributed by atoms with Crippen molar-refractivity contribution >= 4 is 19.7 Å². The Morgan fingerprint density at radius 1 is 0.944 bits per heavy atom. The number of hydrogen-bond donors (Lipinski definition) is 0. The van der Waals surface area contributed by atoms with Gasteiger partial charge >= 0.3 is 0 Å². The Hall–Kier alpha value is -1.52. The van der Waals surface area contributed by atoms with Crippen molar-refractivity contribution < 1.29 is 13.2 Å². The second kappa shape index (κ2) is 5.00. The first-order valence-electron chi connectivity index (χ1n) is 5.25. The van der Waals surface area contributed by atoms with Crippen LogP contribution in [0.25, 0.3) is 0 Å². The van der Waals surface area contributed by atoms with Crippen LogP contribution < -0.4 is 4.74 Å². The largest absolute Gasteiger partial charge is 0.456 e. The smallest absolute Gasteiger partial charge is 0.265 e. The number of aryl methyl sites for hydroxylation is 1. The van der Waals surface area contributed by atoms with Gasteiger partial charge in [0.1, 0.15) is 16.4 Å². The van der Waals surface area contributed by atoms with Gasteiger partial charge in [0, 0.05) is 10.7 Å². The topological polar surface area (TPSA) is 43.4 Å². The van der Waals surface area contributed by atoms with Crippen LogP contribution in [0.3, 0.4) is 0 Å². The number of para-hydroxylation sites is 2. The molecule has 3 nitrogen and oxygen atoms in total. The highest BCUT2D eigenvalue weighted by Gasteiger charge is 2.16. The molecule has 0 aromatic heterocycles. The van der Waals surface area contributed by atoms with Crippen LogP contribution in [0.2, 0.25) is 0 Å². The van der Waals surface area contributed by atoms with Crippen molar-refractivity contribution in [1.82, 2.24) is 0 Å². The number of hydrogen-bond acceptors (Lipinski definition) is 3. The summed E-state index contributed by atoms with van der Waals surface area (Å²) in [7, 11) is 1.54. The van der Waals surface area contributed by atoms with E-state index in [9.17, 15) is 8.42 Å². The van der Waals surface area contributed by atoms with Crippen molar-refractivity contribution in [3.05, 3.63) is 54.1 Å². The summed E-state index contributed by atoms with van der Waals surface area (Å²) >= 11 is 0. The van der Waals surface area contributed by atoms with Crippen molar-refractivity contribution in [1.29, 1.82) is 0 Å². The van der Waals surface area contributed by atoms with Crippen molar-refractivity contribution in [3.8, 4) is 11.5 Å². The van der Waals surface area contributed by atoms with Crippen LogP contribution in [-0.2, 0) is 9.05 Å². The van der Waals surface area contributed by atoms with Crippen molar-refractivity contribution in [2.45, 2.75) is 11.8 Å². The number of halogens is 1. The fourth-order valence-electron chi connectivity index (χ4n) is 1.53. The number of ether oxygens (including phenoxy) is 1. The molecule has 0 heterocycles. The van der Waals surface area contributed by atoms with Crippen LogP contribution in [0, 0.1) is 6.92 Å². The fourth-order valence-corrected chi connectivity index (χ4v) is 2.50. The lowest BCUT2D eigenvalue weighted by molar-refractivity contribution is 0.465. The van der Waals surface area contributed by atoms with Gasteiger partial charge in [0.15, 0.2) is 0 Å². The summed E-state index contributed by atoms with van der Waals surface area (Å²) in [6.45, 7) is 1.88. The van der Waals surface area contributed by atoms with Gasteiger partial charge in [-0.25, -0.2) is 8.42 Å². The molecular weight excluding hydrogens is 272 g/mol. The molecule has 0 saturated carbocycles. The zero-order valence-corrected chi connectivity index (χ0v) is 11.2. The first-order valence-corrected chi connectivity index (χ1v) is 7.56. The molecule has 0 aliphatic rings. The van der Waals surface area contributed by atoms with E-state index in [0.29, 0.717) is 5.75 Å². The SMILES string of the molecule is Cc1ccccc1Oc1ccccc1S(=O)(=O)Cl. The summed E-state index contributed by atoms with van der Waals surface area (Å²) in [5.41, 5.74) is 0.916. The van der Waals surface area contributed by atoms with Gasteiger partial charge in [-0.15, -0.1) is 0 Å². The molecule has 0 aliphatic carbocycles. The summed E-state index contributed by atoms with van der Waals surface area (Å²) in [4.78, 5) is -0.0325. The van der Waals surface area contributed by atoms with Crippen LogP contribution in [0.15, 0.2) is 53.4 Å². The second-order valence-electron chi connectivity index (χ2n) is 3.75. The van der Waals surface area contributed by atoms with Crippen molar-refractivity contribution in [2.24, 2.45) is 0 Å². The van der Waals surface area contributed by atoms with E-state index >= 15 is 0 Å². The van der Waals surface area contributed by atoms with E-state index in [4.69, 9.17) is 15.4 Å². The minimum atomic E-state index is -3.82. The normalized spacial score (nSPS) is 11.2. The molecule has 5 heteroatoms. The van der Waals surface area contributed by atoms with E-state index in [-0.39, 0.29) is 10.6 Å². The molecule has 2 rings (SSSR count). The minimum Gasteiger partial charge on any atom is -0.456 e. The summed E-state index contributed by atoms with van der Waals surface area (Å²) < 4.78 is 28.4. The standard InChI is InChI=1S/C13H11ClO3S/c1-10-6-2-3-7-11(10)17-12-8-4-5-9-13(12)18(14,15)16/h2-9H,1H3. The quantitative estimate of drug-likeness (QED) is 0.806. The molecule has 0 N–H and O–H groups in total. The van der Waals surface area contributed by atoms with E-state index in [2.05, 4.69) is 0 Å². The number of benzene rings is 2. The molecule has 0 spiro atoms. The van der Waals surface area contributed by atoms with E-state index in [1.165, 1.54) is 6.07 Å². The monoisotopic (exact) mass is 282 g/mol. The van der Waals surface area contributed by atoms with Gasteiger partial charge in [0.25, 0.3) is 9.05 Å². The van der Waals surface area contributed by atoms with Crippen LogP contribution >= 0.6 is 10.7 Å².